The van der Waals surface area contributed by atoms with E-state index in [0.717, 1.165) is 25.7 Å². The molecule has 1 aliphatic rings. The van der Waals surface area contributed by atoms with Gasteiger partial charge in [0, 0.05) is 22.1 Å². The van der Waals surface area contributed by atoms with E-state index < -0.39 is 5.82 Å². The van der Waals surface area contributed by atoms with E-state index in [1.807, 2.05) is 0 Å². The van der Waals surface area contributed by atoms with Crippen LogP contribution in [0.3, 0.4) is 0 Å². The van der Waals surface area contributed by atoms with Gasteiger partial charge >= 0.3 is 6.03 Å². The van der Waals surface area contributed by atoms with Gasteiger partial charge < -0.3 is 20.7 Å². The number of benzene rings is 2. The third-order valence-electron chi connectivity index (χ3n) is 5.45. The van der Waals surface area contributed by atoms with E-state index in [9.17, 15) is 14.0 Å². The lowest BCUT2D eigenvalue weighted by molar-refractivity contribution is 0.0911. The van der Waals surface area contributed by atoms with Crippen molar-refractivity contribution in [1.29, 1.82) is 0 Å². The fraction of sp³-hybridized carbons (Fsp3) is 0.292. The fourth-order valence-electron chi connectivity index (χ4n) is 3.80. The van der Waals surface area contributed by atoms with Crippen molar-refractivity contribution in [3.8, 4) is 5.75 Å². The van der Waals surface area contributed by atoms with Gasteiger partial charge in [0.05, 0.1) is 6.04 Å². The molecule has 0 bridgehead atoms. The van der Waals surface area contributed by atoms with E-state index in [4.69, 9.17) is 16.3 Å². The highest BCUT2D eigenvalue weighted by atomic mass is 35.5. The molecule has 1 saturated carbocycles. The molecule has 1 heterocycles. The van der Waals surface area contributed by atoms with Crippen LogP contribution in [0, 0.1) is 5.82 Å². The second-order valence-electron chi connectivity index (χ2n) is 7.93. The van der Waals surface area contributed by atoms with Crippen molar-refractivity contribution < 1.29 is 18.7 Å². The topological polar surface area (TPSA) is 92.4 Å². The number of carbonyl (C=O) groups is 2. The van der Waals surface area contributed by atoms with Crippen LogP contribution >= 0.6 is 22.9 Å². The average Bonchev–Trinajstić information content (AvgIpc) is 3.29. The minimum Gasteiger partial charge on any atom is -0.483 e. The predicted molar refractivity (Wildman–Crippen MR) is 130 cm³/mol. The van der Waals surface area contributed by atoms with Crippen LogP contribution in [0.5, 0.6) is 5.75 Å². The van der Waals surface area contributed by atoms with Crippen molar-refractivity contribution in [3.63, 3.8) is 0 Å². The molecule has 1 fully saturated rings. The number of anilines is 1. The maximum Gasteiger partial charge on any atom is 0.319 e. The summed E-state index contributed by atoms with van der Waals surface area (Å²) in [5.74, 6) is -0.634. The molecular weight excluding hydrogens is 479 g/mol. The number of rotatable bonds is 7. The number of amides is 3. The summed E-state index contributed by atoms with van der Waals surface area (Å²) in [6.07, 6.45) is 3.43. The second-order valence-corrected chi connectivity index (χ2v) is 9.30. The molecule has 3 aromatic rings. The largest absolute Gasteiger partial charge is 0.483 e. The van der Waals surface area contributed by atoms with Gasteiger partial charge in [-0.3, -0.25) is 4.79 Å². The molecule has 0 radical (unpaired) electrons. The monoisotopic (exact) mass is 502 g/mol. The van der Waals surface area contributed by atoms with Gasteiger partial charge in [0.15, 0.2) is 11.6 Å². The number of hydrogen-bond acceptors (Lipinski definition) is 5. The Morgan fingerprint density at radius 2 is 1.85 bits per heavy atom. The zero-order valence-electron chi connectivity index (χ0n) is 18.2. The standard InChI is InChI=1S/C24H24ClFN4O3S/c25-15-6-5-7-16(12-15)27-24(32)30-19-10-3-2-9-18(19)29-23(31)20-14-34-22(28-20)13-33-21-11-4-1-8-17(21)26/h1,4-8,11-12,14,18-19H,2-3,9-10,13H2,(H,29,31)(H2,27,30,32)/t18-,19+/m1/s1. The van der Waals surface area contributed by atoms with Crippen LogP contribution in [0.15, 0.2) is 53.9 Å². The minimum atomic E-state index is -0.452. The maximum atomic E-state index is 13.7. The molecule has 0 saturated heterocycles. The van der Waals surface area contributed by atoms with E-state index in [1.54, 1.807) is 41.8 Å². The van der Waals surface area contributed by atoms with Gasteiger partial charge in [-0.05, 0) is 43.2 Å². The summed E-state index contributed by atoms with van der Waals surface area (Å²) in [4.78, 5) is 29.6. The summed E-state index contributed by atoms with van der Waals surface area (Å²) in [5.41, 5.74) is 0.860. The number of para-hydroxylation sites is 1. The van der Waals surface area contributed by atoms with Crippen LogP contribution < -0.4 is 20.7 Å². The third kappa shape index (κ3) is 6.45. The van der Waals surface area contributed by atoms with Crippen LogP contribution in [-0.2, 0) is 6.61 Å². The molecule has 1 aromatic heterocycles. The lowest BCUT2D eigenvalue weighted by atomic mass is 9.90. The Morgan fingerprint density at radius 1 is 1.09 bits per heavy atom. The number of hydrogen-bond donors (Lipinski definition) is 3. The Balaban J connectivity index is 1.32. The van der Waals surface area contributed by atoms with Crippen LogP contribution in [0.4, 0.5) is 14.9 Å². The summed E-state index contributed by atoms with van der Waals surface area (Å²) in [6.45, 7) is 0.0656. The van der Waals surface area contributed by atoms with E-state index in [0.29, 0.717) is 15.7 Å². The molecule has 178 valence electrons. The first-order chi connectivity index (χ1) is 16.5. The minimum absolute atomic E-state index is 0.0656. The second kappa shape index (κ2) is 11.3. The lowest BCUT2D eigenvalue weighted by Gasteiger charge is -2.32. The zero-order valence-corrected chi connectivity index (χ0v) is 19.8. The molecule has 0 aliphatic heterocycles. The Morgan fingerprint density at radius 3 is 2.62 bits per heavy atom. The van der Waals surface area contributed by atoms with Gasteiger partial charge in [0.2, 0.25) is 0 Å². The number of urea groups is 1. The number of aromatic nitrogens is 1. The quantitative estimate of drug-likeness (QED) is 0.404. The smallest absolute Gasteiger partial charge is 0.319 e. The number of halogens is 2. The molecule has 2 aromatic carbocycles. The van der Waals surface area contributed by atoms with E-state index in [2.05, 4.69) is 20.9 Å². The molecule has 4 rings (SSSR count). The maximum absolute atomic E-state index is 13.7. The number of nitrogens with one attached hydrogen (secondary N) is 3. The summed E-state index contributed by atoms with van der Waals surface area (Å²) in [5, 5.41) is 11.5. The van der Waals surface area contributed by atoms with Gasteiger partial charge in [-0.1, -0.05) is 42.6 Å². The first kappa shape index (κ1) is 24.0. The Hall–Kier alpha value is -3.17. The van der Waals surface area contributed by atoms with Crippen molar-refractivity contribution in [2.75, 3.05) is 5.32 Å². The molecule has 7 nitrogen and oxygen atoms in total. The van der Waals surface area contributed by atoms with Gasteiger partial charge in [-0.25, -0.2) is 14.2 Å². The van der Waals surface area contributed by atoms with Gasteiger partial charge in [0.25, 0.3) is 5.91 Å². The van der Waals surface area contributed by atoms with Gasteiger partial charge in [-0.2, -0.15) is 0 Å². The number of nitrogens with zero attached hydrogens (tertiary/aromatic N) is 1. The van der Waals surface area contributed by atoms with E-state index >= 15 is 0 Å². The fourth-order valence-corrected chi connectivity index (χ4v) is 4.68. The highest BCUT2D eigenvalue weighted by Crippen LogP contribution is 2.22. The van der Waals surface area contributed by atoms with Gasteiger partial charge in [0.1, 0.15) is 17.3 Å². The number of thiazole rings is 1. The molecule has 3 amide bonds. The van der Waals surface area contributed by atoms with Crippen LogP contribution in [0.1, 0.15) is 41.2 Å². The Labute approximate surface area is 205 Å². The molecule has 10 heteroatoms. The number of ether oxygens (including phenoxy) is 1. The molecule has 0 spiro atoms. The highest BCUT2D eigenvalue weighted by molar-refractivity contribution is 7.09. The third-order valence-corrected chi connectivity index (χ3v) is 6.51. The van der Waals surface area contributed by atoms with Gasteiger partial charge in [-0.15, -0.1) is 11.3 Å². The van der Waals surface area contributed by atoms with Crippen molar-refractivity contribution in [3.05, 3.63) is 75.5 Å². The molecule has 2 atom stereocenters. The Bertz CT molecular complexity index is 1160. The summed E-state index contributed by atoms with van der Waals surface area (Å²) in [6, 6.07) is 12.2. The van der Waals surface area contributed by atoms with Crippen molar-refractivity contribution >= 4 is 40.6 Å². The molecule has 1 aliphatic carbocycles. The first-order valence-corrected chi connectivity index (χ1v) is 12.2. The molecule has 34 heavy (non-hydrogen) atoms. The van der Waals surface area contributed by atoms with Crippen molar-refractivity contribution in [2.24, 2.45) is 0 Å². The predicted octanol–water partition coefficient (Wildman–Crippen LogP) is 5.38. The van der Waals surface area contributed by atoms with Crippen molar-refractivity contribution in [2.45, 2.75) is 44.4 Å². The van der Waals surface area contributed by atoms with E-state index in [-0.39, 0.29) is 42.1 Å². The average molecular weight is 503 g/mol. The van der Waals surface area contributed by atoms with Crippen LogP contribution in [-0.4, -0.2) is 29.0 Å². The van der Waals surface area contributed by atoms with Crippen molar-refractivity contribution in [1.82, 2.24) is 15.6 Å². The molecular formula is C24H24ClFN4O3S. The molecule has 3 N–H and O–H groups in total. The summed E-state index contributed by atoms with van der Waals surface area (Å²) in [7, 11) is 0. The summed E-state index contributed by atoms with van der Waals surface area (Å²) >= 11 is 7.24. The number of carbonyl (C=O) groups excluding carboxylic acids is 2. The van der Waals surface area contributed by atoms with E-state index in [1.165, 1.54) is 23.5 Å². The summed E-state index contributed by atoms with van der Waals surface area (Å²) < 4.78 is 19.2. The normalized spacial score (nSPS) is 17.6. The SMILES string of the molecule is O=C(Nc1cccc(Cl)c1)N[C@H]1CCCC[C@H]1NC(=O)c1csc(COc2ccccc2F)n1. The lowest BCUT2D eigenvalue weighted by Crippen LogP contribution is -2.54. The molecule has 0 unspecified atom stereocenters. The van der Waals surface area contributed by atoms with Crippen LogP contribution in [0.2, 0.25) is 5.02 Å². The first-order valence-electron chi connectivity index (χ1n) is 10.9. The Kier molecular flexibility index (Phi) is 7.97. The van der Waals surface area contributed by atoms with Crippen LogP contribution in [0.25, 0.3) is 0 Å². The highest BCUT2D eigenvalue weighted by Gasteiger charge is 2.28. The zero-order chi connectivity index (χ0) is 23.9.